The largest absolute Gasteiger partial charge is 0.466 e. The fourth-order valence-electron chi connectivity index (χ4n) is 3.51. The minimum absolute atomic E-state index is 0.181. The van der Waals surface area contributed by atoms with Gasteiger partial charge in [-0.05, 0) is 91.9 Å². The summed E-state index contributed by atoms with van der Waals surface area (Å²) in [6.07, 6.45) is 19.4. The van der Waals surface area contributed by atoms with Gasteiger partial charge in [0.15, 0.2) is 0 Å². The quantitative estimate of drug-likeness (QED) is 0.367. The van der Waals surface area contributed by atoms with Gasteiger partial charge in [0.2, 0.25) is 0 Å². The van der Waals surface area contributed by atoms with E-state index in [2.05, 4.69) is 65.0 Å². The van der Waals surface area contributed by atoms with Crippen molar-refractivity contribution in [3.63, 3.8) is 0 Å². The third-order valence-electron chi connectivity index (χ3n) is 5.53. The van der Waals surface area contributed by atoms with Gasteiger partial charge in [-0.25, -0.2) is 4.79 Å². The fraction of sp³-hybridized carbons (Fsp3) is 0.577. The van der Waals surface area contributed by atoms with E-state index in [1.54, 1.807) is 0 Å². The molecule has 1 aliphatic carbocycles. The second-order valence-electron chi connectivity index (χ2n) is 8.34. The van der Waals surface area contributed by atoms with Crippen LogP contribution in [0, 0.1) is 5.92 Å². The van der Waals surface area contributed by atoms with Gasteiger partial charge in [-0.2, -0.15) is 0 Å². The van der Waals surface area contributed by atoms with E-state index in [0.29, 0.717) is 5.92 Å². The van der Waals surface area contributed by atoms with Gasteiger partial charge in [0.05, 0.1) is 7.11 Å². The smallest absolute Gasteiger partial charge is 0.333 e. The van der Waals surface area contributed by atoms with Gasteiger partial charge in [-0.15, -0.1) is 0 Å². The molecule has 0 saturated carbocycles. The molecule has 1 rings (SSSR count). The minimum atomic E-state index is -0.181. The average Bonchev–Trinajstić information content (AvgIpc) is 2.64. The second-order valence-corrected chi connectivity index (χ2v) is 8.34. The van der Waals surface area contributed by atoms with Crippen LogP contribution in [-0.4, -0.2) is 13.1 Å². The molecule has 0 fully saturated rings. The predicted molar refractivity (Wildman–Crippen MR) is 121 cm³/mol. The van der Waals surface area contributed by atoms with Crippen molar-refractivity contribution in [2.45, 2.75) is 86.0 Å². The highest BCUT2D eigenvalue weighted by molar-refractivity contribution is 5.88. The van der Waals surface area contributed by atoms with Crippen LogP contribution in [0.1, 0.15) is 86.0 Å². The Bertz CT molecular complexity index is 652. The maximum absolute atomic E-state index is 12.2. The first-order valence-electron chi connectivity index (χ1n) is 10.7. The van der Waals surface area contributed by atoms with Crippen molar-refractivity contribution in [1.29, 1.82) is 0 Å². The molecule has 1 aliphatic rings. The number of carbonyl (C=O) groups is 1. The topological polar surface area (TPSA) is 26.3 Å². The minimum Gasteiger partial charge on any atom is -0.466 e. The lowest BCUT2D eigenvalue weighted by Gasteiger charge is -2.18. The van der Waals surface area contributed by atoms with Gasteiger partial charge in [-0.3, -0.25) is 0 Å². The summed E-state index contributed by atoms with van der Waals surface area (Å²) >= 11 is 0. The average molecular weight is 385 g/mol. The van der Waals surface area contributed by atoms with Gasteiger partial charge in [0.25, 0.3) is 0 Å². The monoisotopic (exact) mass is 384 g/mol. The molecule has 0 aromatic rings. The summed E-state index contributed by atoms with van der Waals surface area (Å²) < 4.78 is 5.03. The van der Waals surface area contributed by atoms with E-state index < -0.39 is 0 Å². The van der Waals surface area contributed by atoms with Crippen LogP contribution in [0.25, 0.3) is 0 Å². The van der Waals surface area contributed by atoms with E-state index in [4.69, 9.17) is 4.74 Å². The summed E-state index contributed by atoms with van der Waals surface area (Å²) in [6, 6.07) is 0. The number of hydrogen-bond donors (Lipinski definition) is 0. The Morgan fingerprint density at radius 3 is 2.29 bits per heavy atom. The van der Waals surface area contributed by atoms with Gasteiger partial charge in [0.1, 0.15) is 0 Å². The van der Waals surface area contributed by atoms with Crippen LogP contribution in [0.2, 0.25) is 0 Å². The Kier molecular flexibility index (Phi) is 11.6. The van der Waals surface area contributed by atoms with Crippen LogP contribution < -0.4 is 0 Å². The third kappa shape index (κ3) is 9.92. The highest BCUT2D eigenvalue weighted by atomic mass is 16.5. The van der Waals surface area contributed by atoms with Gasteiger partial charge in [-0.1, -0.05) is 52.7 Å². The summed E-state index contributed by atoms with van der Waals surface area (Å²) in [5, 5.41) is 0. The van der Waals surface area contributed by atoms with Gasteiger partial charge < -0.3 is 4.74 Å². The Morgan fingerprint density at radius 1 is 1.00 bits per heavy atom. The van der Waals surface area contributed by atoms with Crippen LogP contribution in [0.4, 0.5) is 0 Å². The van der Waals surface area contributed by atoms with Crippen LogP contribution in [0.5, 0.6) is 0 Å². The highest BCUT2D eigenvalue weighted by Crippen LogP contribution is 2.26. The Morgan fingerprint density at radius 2 is 1.64 bits per heavy atom. The summed E-state index contributed by atoms with van der Waals surface area (Å²) in [5.41, 5.74) is 6.47. The maximum Gasteiger partial charge on any atom is 0.333 e. The summed E-state index contributed by atoms with van der Waals surface area (Å²) in [5.74, 6) is 0.285. The molecule has 0 spiro atoms. The molecule has 2 nitrogen and oxygen atoms in total. The molecule has 1 atom stereocenters. The van der Waals surface area contributed by atoms with Crippen molar-refractivity contribution < 1.29 is 9.53 Å². The molecule has 28 heavy (non-hydrogen) atoms. The number of methoxy groups -OCH3 is 1. The zero-order valence-electron chi connectivity index (χ0n) is 18.9. The lowest BCUT2D eigenvalue weighted by Crippen LogP contribution is -2.07. The summed E-state index contributed by atoms with van der Waals surface area (Å²) in [7, 11) is 1.48. The summed E-state index contributed by atoms with van der Waals surface area (Å²) in [6.45, 7) is 11.0. The molecular weight excluding hydrogens is 344 g/mol. The molecule has 1 unspecified atom stereocenters. The number of allylic oxidation sites excluding steroid dienone is 9. The molecule has 0 radical (unpaired) electrons. The molecule has 0 bridgehead atoms. The van der Waals surface area contributed by atoms with E-state index in [0.717, 1.165) is 56.9 Å². The lowest BCUT2D eigenvalue weighted by atomic mass is 9.88. The van der Waals surface area contributed by atoms with Crippen molar-refractivity contribution in [3.8, 4) is 0 Å². The molecule has 2 heteroatoms. The first-order chi connectivity index (χ1) is 13.3. The van der Waals surface area contributed by atoms with Crippen molar-refractivity contribution in [3.05, 3.63) is 58.2 Å². The first-order valence-corrected chi connectivity index (χ1v) is 10.7. The van der Waals surface area contributed by atoms with Gasteiger partial charge in [0, 0.05) is 5.57 Å². The van der Waals surface area contributed by atoms with Crippen LogP contribution in [0.15, 0.2) is 58.2 Å². The molecule has 0 aliphatic heterocycles. The Balaban J connectivity index is 3.07. The first kappa shape index (κ1) is 24.2. The molecule has 0 heterocycles. The highest BCUT2D eigenvalue weighted by Gasteiger charge is 2.14. The van der Waals surface area contributed by atoms with Crippen molar-refractivity contribution >= 4 is 5.97 Å². The van der Waals surface area contributed by atoms with E-state index in [1.165, 1.54) is 29.4 Å². The van der Waals surface area contributed by atoms with Crippen LogP contribution in [-0.2, 0) is 9.53 Å². The zero-order valence-corrected chi connectivity index (χ0v) is 18.9. The fourth-order valence-corrected chi connectivity index (χ4v) is 3.51. The molecule has 0 saturated heterocycles. The SMILES string of the molecule is COC(=O)C1=CCC(C(C)=CCC=C(C)C)CCC(C)=CCCC(C)=CCC1. The maximum atomic E-state index is 12.2. The lowest BCUT2D eigenvalue weighted by molar-refractivity contribution is -0.136. The number of ether oxygens (including phenoxy) is 1. The molecule has 0 aromatic heterocycles. The second kappa shape index (κ2) is 13.4. The van der Waals surface area contributed by atoms with Crippen molar-refractivity contribution in [2.24, 2.45) is 5.92 Å². The molecular formula is C26H40O2. The van der Waals surface area contributed by atoms with E-state index in [-0.39, 0.29) is 5.97 Å². The predicted octanol–water partition coefficient (Wildman–Crippen LogP) is 7.64. The third-order valence-corrected chi connectivity index (χ3v) is 5.53. The Hall–Kier alpha value is -1.83. The van der Waals surface area contributed by atoms with E-state index in [9.17, 15) is 4.79 Å². The number of hydrogen-bond acceptors (Lipinski definition) is 2. The number of esters is 1. The van der Waals surface area contributed by atoms with Crippen LogP contribution >= 0.6 is 0 Å². The van der Waals surface area contributed by atoms with Crippen LogP contribution in [0.3, 0.4) is 0 Å². The molecule has 156 valence electrons. The standard InChI is InChI=1S/C26H40O2/c1-20(2)10-7-14-23(5)24-17-16-22(4)12-8-11-21(3)13-9-15-25(19-18-24)26(27)28-6/h10,12-14,19,24H,7-9,11,15-18H2,1-6H3. The Labute approximate surface area is 173 Å². The van der Waals surface area contributed by atoms with Crippen molar-refractivity contribution in [1.82, 2.24) is 0 Å². The number of rotatable bonds is 4. The number of carbonyl (C=O) groups excluding carboxylic acids is 1. The summed E-state index contributed by atoms with van der Waals surface area (Å²) in [4.78, 5) is 12.2. The van der Waals surface area contributed by atoms with E-state index >= 15 is 0 Å². The zero-order chi connectivity index (χ0) is 20.9. The molecule has 0 amide bonds. The normalized spacial score (nSPS) is 20.3. The molecule has 0 N–H and O–H groups in total. The van der Waals surface area contributed by atoms with E-state index in [1.807, 2.05) is 0 Å². The van der Waals surface area contributed by atoms with Crippen molar-refractivity contribution in [2.75, 3.05) is 7.11 Å². The molecule has 0 aromatic carbocycles. The van der Waals surface area contributed by atoms with Gasteiger partial charge >= 0.3 is 5.97 Å².